The summed E-state index contributed by atoms with van der Waals surface area (Å²) in [4.78, 5) is 15.5. The van der Waals surface area contributed by atoms with Crippen LogP contribution in [0.3, 0.4) is 0 Å². The Morgan fingerprint density at radius 2 is 2.50 bits per heavy atom. The van der Waals surface area contributed by atoms with Gasteiger partial charge < -0.3 is 5.11 Å². The van der Waals surface area contributed by atoms with E-state index in [1.165, 1.54) is 18.1 Å². The number of aromatic nitrogens is 3. The third kappa shape index (κ3) is 1.93. The van der Waals surface area contributed by atoms with Crippen LogP contribution < -0.4 is 0 Å². The van der Waals surface area contributed by atoms with Gasteiger partial charge >= 0.3 is 5.97 Å². The van der Waals surface area contributed by atoms with Gasteiger partial charge in [0.2, 0.25) is 0 Å². The van der Waals surface area contributed by atoms with Gasteiger partial charge in [-0.1, -0.05) is 31.5 Å². The van der Waals surface area contributed by atoms with E-state index >= 15 is 0 Å². The van der Waals surface area contributed by atoms with Crippen molar-refractivity contribution in [3.8, 4) is 0 Å². The lowest BCUT2D eigenvalue weighted by atomic mass is 9.79. The van der Waals surface area contributed by atoms with E-state index in [1.807, 2.05) is 6.92 Å². The van der Waals surface area contributed by atoms with Gasteiger partial charge in [0.1, 0.15) is 11.1 Å². The van der Waals surface area contributed by atoms with Crippen molar-refractivity contribution in [1.82, 2.24) is 15.2 Å². The van der Waals surface area contributed by atoms with Gasteiger partial charge in [0, 0.05) is 0 Å². The van der Waals surface area contributed by atoms with Crippen LogP contribution in [0.2, 0.25) is 0 Å². The Morgan fingerprint density at radius 1 is 1.69 bits per heavy atom. The summed E-state index contributed by atoms with van der Waals surface area (Å²) >= 11 is 1.31. The first-order chi connectivity index (χ1) is 7.65. The van der Waals surface area contributed by atoms with Crippen LogP contribution in [0, 0.1) is 5.92 Å². The number of hydrogen-bond acceptors (Lipinski definition) is 4. The molecule has 0 aromatic carbocycles. The number of H-pyrrole nitrogens is 1. The van der Waals surface area contributed by atoms with Gasteiger partial charge in [-0.2, -0.15) is 5.10 Å². The highest BCUT2D eigenvalue weighted by molar-refractivity contribution is 8.01. The van der Waals surface area contributed by atoms with Gasteiger partial charge in [0.25, 0.3) is 0 Å². The second-order valence-electron chi connectivity index (χ2n) is 4.23. The first kappa shape index (κ1) is 11.4. The van der Waals surface area contributed by atoms with Crippen LogP contribution in [-0.4, -0.2) is 31.0 Å². The van der Waals surface area contributed by atoms with E-state index < -0.39 is 10.7 Å². The van der Waals surface area contributed by atoms with Gasteiger partial charge in [-0.05, 0) is 18.8 Å². The molecule has 2 rings (SSSR count). The van der Waals surface area contributed by atoms with Crippen molar-refractivity contribution in [2.24, 2.45) is 5.92 Å². The quantitative estimate of drug-likeness (QED) is 0.845. The zero-order valence-electron chi connectivity index (χ0n) is 9.14. The number of carbonyl (C=O) groups is 1. The van der Waals surface area contributed by atoms with Gasteiger partial charge in [0.15, 0.2) is 5.16 Å². The van der Waals surface area contributed by atoms with Crippen molar-refractivity contribution in [2.45, 2.75) is 42.5 Å². The Labute approximate surface area is 98.0 Å². The van der Waals surface area contributed by atoms with E-state index in [4.69, 9.17) is 0 Å². The molecule has 1 aliphatic rings. The minimum absolute atomic E-state index is 0.161. The van der Waals surface area contributed by atoms with Crippen LogP contribution in [0.4, 0.5) is 0 Å². The minimum atomic E-state index is -0.738. The number of aromatic amines is 1. The molecule has 5 nitrogen and oxygen atoms in total. The molecule has 2 atom stereocenters. The third-order valence-electron chi connectivity index (χ3n) is 3.27. The molecule has 1 aromatic rings. The molecule has 2 N–H and O–H groups in total. The molecule has 0 bridgehead atoms. The average molecular weight is 241 g/mol. The molecule has 1 fully saturated rings. The molecular formula is C10H15N3O2S. The molecule has 0 spiro atoms. The summed E-state index contributed by atoms with van der Waals surface area (Å²) in [5.41, 5.74) is 0. The molecule has 1 saturated carbocycles. The number of rotatable bonds is 3. The van der Waals surface area contributed by atoms with Crippen molar-refractivity contribution < 1.29 is 9.90 Å². The first-order valence-electron chi connectivity index (χ1n) is 5.43. The highest BCUT2D eigenvalue weighted by Gasteiger charge is 2.46. The predicted molar refractivity (Wildman–Crippen MR) is 60.2 cm³/mol. The molecule has 0 amide bonds. The molecule has 0 radical (unpaired) electrons. The van der Waals surface area contributed by atoms with Crippen LogP contribution in [-0.2, 0) is 4.79 Å². The van der Waals surface area contributed by atoms with Crippen molar-refractivity contribution in [2.75, 3.05) is 0 Å². The second-order valence-corrected chi connectivity index (χ2v) is 5.55. The lowest BCUT2D eigenvalue weighted by molar-refractivity contribution is -0.142. The Bertz CT molecular complexity index is 368. The third-order valence-corrected chi connectivity index (χ3v) is 4.80. The Kier molecular flexibility index (Phi) is 3.18. The average Bonchev–Trinajstić information content (AvgIpc) is 2.74. The maximum absolute atomic E-state index is 11.5. The largest absolute Gasteiger partial charge is 0.480 e. The topological polar surface area (TPSA) is 78.9 Å². The lowest BCUT2D eigenvalue weighted by Gasteiger charge is -2.37. The van der Waals surface area contributed by atoms with Crippen LogP contribution in [0.1, 0.15) is 32.6 Å². The summed E-state index contributed by atoms with van der Waals surface area (Å²) in [6, 6.07) is 0. The van der Waals surface area contributed by atoms with Gasteiger partial charge in [-0.15, -0.1) is 0 Å². The minimum Gasteiger partial charge on any atom is -0.480 e. The maximum atomic E-state index is 11.5. The Balaban J connectivity index is 2.24. The molecule has 1 aliphatic carbocycles. The van der Waals surface area contributed by atoms with E-state index in [9.17, 15) is 9.90 Å². The Hall–Kier alpha value is -1.04. The monoisotopic (exact) mass is 241 g/mol. The van der Waals surface area contributed by atoms with Gasteiger partial charge in [-0.25, -0.2) is 4.98 Å². The van der Waals surface area contributed by atoms with E-state index in [-0.39, 0.29) is 5.92 Å². The highest BCUT2D eigenvalue weighted by Crippen LogP contribution is 2.46. The van der Waals surface area contributed by atoms with Crippen molar-refractivity contribution in [1.29, 1.82) is 0 Å². The van der Waals surface area contributed by atoms with Crippen molar-refractivity contribution in [3.63, 3.8) is 0 Å². The standard InChI is InChI=1S/C10H15N3O2S/c1-7-4-2-3-5-10(7,8(14)15)16-9-11-6-12-13-9/h6-7H,2-5H2,1H3,(H,14,15)(H,11,12,13). The molecule has 1 aromatic heterocycles. The number of carboxylic acids is 1. The van der Waals surface area contributed by atoms with Crippen molar-refractivity contribution in [3.05, 3.63) is 6.33 Å². The fourth-order valence-corrected chi connectivity index (χ4v) is 3.44. The second kappa shape index (κ2) is 4.45. The molecule has 16 heavy (non-hydrogen) atoms. The number of thioether (sulfide) groups is 1. The number of nitrogens with zero attached hydrogens (tertiary/aromatic N) is 2. The zero-order chi connectivity index (χ0) is 11.6. The van der Waals surface area contributed by atoms with Crippen LogP contribution >= 0.6 is 11.8 Å². The normalized spacial score (nSPS) is 30.2. The summed E-state index contributed by atoms with van der Waals surface area (Å²) in [7, 11) is 0. The van der Waals surface area contributed by atoms with E-state index in [0.29, 0.717) is 11.6 Å². The summed E-state index contributed by atoms with van der Waals surface area (Å²) in [5.74, 6) is -0.574. The number of nitrogens with one attached hydrogen (secondary N) is 1. The smallest absolute Gasteiger partial charge is 0.320 e. The lowest BCUT2D eigenvalue weighted by Crippen LogP contribution is -2.43. The summed E-state index contributed by atoms with van der Waals surface area (Å²) in [6.45, 7) is 2.01. The van der Waals surface area contributed by atoms with Crippen LogP contribution in [0.5, 0.6) is 0 Å². The van der Waals surface area contributed by atoms with E-state index in [2.05, 4.69) is 15.2 Å². The molecule has 1 heterocycles. The first-order valence-corrected chi connectivity index (χ1v) is 6.24. The maximum Gasteiger partial charge on any atom is 0.320 e. The SMILES string of the molecule is CC1CCCCC1(Sc1ncn[nH]1)C(=O)O. The number of carboxylic acid groups (broad SMARTS) is 1. The highest BCUT2D eigenvalue weighted by atomic mass is 32.2. The summed E-state index contributed by atoms with van der Waals surface area (Å²) in [6.07, 6.45) is 5.17. The number of aliphatic carboxylic acids is 1. The molecule has 88 valence electrons. The number of hydrogen-bond donors (Lipinski definition) is 2. The zero-order valence-corrected chi connectivity index (χ0v) is 9.96. The van der Waals surface area contributed by atoms with Gasteiger partial charge in [0.05, 0.1) is 0 Å². The molecule has 2 unspecified atom stereocenters. The van der Waals surface area contributed by atoms with Gasteiger partial charge in [-0.3, -0.25) is 9.89 Å². The molecule has 6 heteroatoms. The fraction of sp³-hybridized carbons (Fsp3) is 0.700. The molecular weight excluding hydrogens is 226 g/mol. The Morgan fingerprint density at radius 3 is 3.06 bits per heavy atom. The fourth-order valence-electron chi connectivity index (χ4n) is 2.25. The predicted octanol–water partition coefficient (Wildman–Crippen LogP) is 1.93. The van der Waals surface area contributed by atoms with E-state index in [1.54, 1.807) is 0 Å². The van der Waals surface area contributed by atoms with E-state index in [0.717, 1.165) is 19.3 Å². The molecule has 0 aliphatic heterocycles. The summed E-state index contributed by atoms with van der Waals surface area (Å²) in [5, 5.41) is 16.5. The van der Waals surface area contributed by atoms with Crippen LogP contribution in [0.15, 0.2) is 11.5 Å². The van der Waals surface area contributed by atoms with Crippen molar-refractivity contribution >= 4 is 17.7 Å². The summed E-state index contributed by atoms with van der Waals surface area (Å²) < 4.78 is -0.738. The van der Waals surface area contributed by atoms with Crippen LogP contribution in [0.25, 0.3) is 0 Å². The molecule has 0 saturated heterocycles.